The highest BCUT2D eigenvalue weighted by atomic mass is 32.1. The molecule has 0 bridgehead atoms. The summed E-state index contributed by atoms with van der Waals surface area (Å²) < 4.78 is 5.04. The first-order valence-corrected chi connectivity index (χ1v) is 14.3. The third-order valence-electron chi connectivity index (χ3n) is 5.87. The van der Waals surface area contributed by atoms with E-state index in [2.05, 4.69) is 33.9 Å². The second-order valence-corrected chi connectivity index (χ2v) is 11.0. The number of carbonyl (C=O) groups is 6. The van der Waals surface area contributed by atoms with E-state index in [4.69, 9.17) is 14.9 Å². The standard InChI is InChI=1S/C28H42N4O9S/c1-16(2)13-21(30-25(36)20(9-10-23(33)34)32-28(40)41-14-17(3)4)26(37)31-22(15-42)24(35)29-12-11-18-5-7-19(8-6-18)27(38)39/h5-8,16-17,20-22,42H,9-15H2,1-4H3,(H,29,35)(H,30,36)(H,31,37)(H,32,40)(H,33,34)(H,38,39)/t20?,21-,22?/m0/s1. The van der Waals surface area contributed by atoms with Crippen LogP contribution in [0.3, 0.4) is 0 Å². The fourth-order valence-electron chi connectivity index (χ4n) is 3.67. The molecule has 3 atom stereocenters. The number of benzene rings is 1. The van der Waals surface area contributed by atoms with Gasteiger partial charge in [0.05, 0.1) is 12.2 Å². The number of aliphatic carboxylic acids is 1. The van der Waals surface area contributed by atoms with E-state index in [1.54, 1.807) is 12.1 Å². The SMILES string of the molecule is CC(C)COC(=O)NC(CCC(=O)O)C(=O)N[C@@H](CC(C)C)C(=O)NC(CS)C(=O)NCCc1ccc(C(=O)O)cc1. The minimum atomic E-state index is -1.27. The molecule has 13 nitrogen and oxygen atoms in total. The van der Waals surface area contributed by atoms with Crippen molar-refractivity contribution >= 4 is 48.4 Å². The van der Waals surface area contributed by atoms with E-state index >= 15 is 0 Å². The zero-order chi connectivity index (χ0) is 31.8. The number of carbonyl (C=O) groups excluding carboxylic acids is 4. The van der Waals surface area contributed by atoms with Crippen LogP contribution >= 0.6 is 12.6 Å². The van der Waals surface area contributed by atoms with Crippen LogP contribution in [0.25, 0.3) is 0 Å². The topological polar surface area (TPSA) is 200 Å². The fraction of sp³-hybridized carbons (Fsp3) is 0.571. The van der Waals surface area contributed by atoms with Gasteiger partial charge in [-0.2, -0.15) is 12.6 Å². The van der Waals surface area contributed by atoms with Crippen LogP contribution in [0.4, 0.5) is 4.79 Å². The lowest BCUT2D eigenvalue weighted by atomic mass is 10.0. The Morgan fingerprint density at radius 2 is 1.40 bits per heavy atom. The van der Waals surface area contributed by atoms with Crippen LogP contribution in [0.1, 0.15) is 62.9 Å². The summed E-state index contributed by atoms with van der Waals surface area (Å²) in [6.07, 6.45) is -0.892. The average molecular weight is 611 g/mol. The van der Waals surface area contributed by atoms with Gasteiger partial charge in [0.1, 0.15) is 18.1 Å². The van der Waals surface area contributed by atoms with Gasteiger partial charge in [0.15, 0.2) is 0 Å². The number of carboxylic acids is 2. The Bertz CT molecular complexity index is 1080. The average Bonchev–Trinajstić information content (AvgIpc) is 2.91. The summed E-state index contributed by atoms with van der Waals surface area (Å²) in [6.45, 7) is 7.65. The first-order chi connectivity index (χ1) is 19.7. The largest absolute Gasteiger partial charge is 0.481 e. The lowest BCUT2D eigenvalue weighted by Crippen LogP contribution is -2.57. The Hall–Kier alpha value is -3.81. The van der Waals surface area contributed by atoms with E-state index in [1.165, 1.54) is 12.1 Å². The lowest BCUT2D eigenvalue weighted by Gasteiger charge is -2.25. The summed E-state index contributed by atoms with van der Waals surface area (Å²) in [5, 5.41) is 28.3. The number of rotatable bonds is 18. The molecular formula is C28H42N4O9S. The summed E-state index contributed by atoms with van der Waals surface area (Å²) in [5.74, 6) is -4.13. The van der Waals surface area contributed by atoms with Crippen LogP contribution in [0, 0.1) is 11.8 Å². The van der Waals surface area contributed by atoms with E-state index in [0.29, 0.717) is 6.42 Å². The van der Waals surface area contributed by atoms with Gasteiger partial charge in [-0.1, -0.05) is 39.8 Å². The molecule has 0 radical (unpaired) electrons. The minimum absolute atomic E-state index is 0.0300. The molecule has 234 valence electrons. The molecule has 0 fully saturated rings. The van der Waals surface area contributed by atoms with Crippen molar-refractivity contribution < 1.29 is 43.7 Å². The van der Waals surface area contributed by atoms with Crippen molar-refractivity contribution in [2.75, 3.05) is 18.9 Å². The number of nitrogens with one attached hydrogen (secondary N) is 4. The van der Waals surface area contributed by atoms with Gasteiger partial charge in [-0.05, 0) is 48.8 Å². The molecule has 1 rings (SSSR count). The molecule has 1 aromatic carbocycles. The van der Waals surface area contributed by atoms with Crippen LogP contribution in [0.2, 0.25) is 0 Å². The molecule has 0 aliphatic rings. The molecular weight excluding hydrogens is 568 g/mol. The van der Waals surface area contributed by atoms with Crippen molar-refractivity contribution in [1.82, 2.24) is 21.3 Å². The van der Waals surface area contributed by atoms with Gasteiger partial charge in [0, 0.05) is 18.7 Å². The molecule has 4 amide bonds. The predicted octanol–water partition coefficient (Wildman–Crippen LogP) is 1.60. The lowest BCUT2D eigenvalue weighted by molar-refractivity contribution is -0.137. The predicted molar refractivity (Wildman–Crippen MR) is 157 cm³/mol. The summed E-state index contributed by atoms with van der Waals surface area (Å²) in [7, 11) is 0. The number of hydrogen-bond acceptors (Lipinski definition) is 8. The maximum Gasteiger partial charge on any atom is 0.407 e. The number of thiol groups is 1. The minimum Gasteiger partial charge on any atom is -0.481 e. The van der Waals surface area contributed by atoms with Crippen LogP contribution in [0.15, 0.2) is 24.3 Å². The third kappa shape index (κ3) is 14.2. The van der Waals surface area contributed by atoms with E-state index in [-0.39, 0.29) is 49.1 Å². The van der Waals surface area contributed by atoms with Crippen molar-refractivity contribution in [3.8, 4) is 0 Å². The van der Waals surface area contributed by atoms with Crippen molar-refractivity contribution in [3.05, 3.63) is 35.4 Å². The molecule has 2 unspecified atom stereocenters. The number of hydrogen-bond donors (Lipinski definition) is 7. The van der Waals surface area contributed by atoms with Crippen LogP contribution in [0.5, 0.6) is 0 Å². The van der Waals surface area contributed by atoms with Crippen molar-refractivity contribution in [1.29, 1.82) is 0 Å². The summed E-state index contributed by atoms with van der Waals surface area (Å²) in [5.41, 5.74) is 0.962. The van der Waals surface area contributed by atoms with E-state index < -0.39 is 60.3 Å². The van der Waals surface area contributed by atoms with Crippen LogP contribution < -0.4 is 21.3 Å². The molecule has 0 aromatic heterocycles. The van der Waals surface area contributed by atoms with E-state index in [9.17, 15) is 28.8 Å². The molecule has 0 aliphatic heterocycles. The van der Waals surface area contributed by atoms with E-state index in [1.807, 2.05) is 27.7 Å². The normalized spacial score (nSPS) is 13.0. The van der Waals surface area contributed by atoms with Gasteiger partial charge >= 0.3 is 18.0 Å². The van der Waals surface area contributed by atoms with Crippen molar-refractivity contribution in [2.45, 2.75) is 71.5 Å². The third-order valence-corrected chi connectivity index (χ3v) is 6.24. The van der Waals surface area contributed by atoms with Crippen molar-refractivity contribution in [2.24, 2.45) is 11.8 Å². The molecule has 42 heavy (non-hydrogen) atoms. The van der Waals surface area contributed by atoms with Crippen LogP contribution in [-0.2, 0) is 30.3 Å². The van der Waals surface area contributed by atoms with Gasteiger partial charge in [-0.15, -0.1) is 0 Å². The highest BCUT2D eigenvalue weighted by molar-refractivity contribution is 7.80. The first kappa shape index (κ1) is 36.2. The smallest absolute Gasteiger partial charge is 0.407 e. The van der Waals surface area contributed by atoms with Crippen molar-refractivity contribution in [3.63, 3.8) is 0 Å². The quantitative estimate of drug-likeness (QED) is 0.121. The van der Waals surface area contributed by atoms with E-state index in [0.717, 1.165) is 5.56 Å². The number of ether oxygens (including phenoxy) is 1. The van der Waals surface area contributed by atoms with Gasteiger partial charge in [0.25, 0.3) is 0 Å². The van der Waals surface area contributed by atoms with Crippen LogP contribution in [-0.4, -0.2) is 83.0 Å². The van der Waals surface area contributed by atoms with Gasteiger partial charge in [0.2, 0.25) is 17.7 Å². The Morgan fingerprint density at radius 3 is 1.93 bits per heavy atom. The monoisotopic (exact) mass is 610 g/mol. The highest BCUT2D eigenvalue weighted by Crippen LogP contribution is 2.09. The summed E-state index contributed by atoms with van der Waals surface area (Å²) >= 11 is 4.18. The highest BCUT2D eigenvalue weighted by Gasteiger charge is 2.30. The molecule has 0 saturated heterocycles. The second kappa shape index (κ2) is 18.6. The molecule has 0 heterocycles. The zero-order valence-electron chi connectivity index (χ0n) is 24.3. The Balaban J connectivity index is 2.84. The molecule has 0 aliphatic carbocycles. The molecule has 0 saturated carbocycles. The Kier molecular flexibility index (Phi) is 16.0. The molecule has 14 heteroatoms. The molecule has 6 N–H and O–H groups in total. The fourth-order valence-corrected chi connectivity index (χ4v) is 3.93. The first-order valence-electron chi connectivity index (χ1n) is 13.7. The number of amides is 4. The summed E-state index contributed by atoms with van der Waals surface area (Å²) in [6, 6.07) is 2.86. The van der Waals surface area contributed by atoms with Gasteiger partial charge in [-0.3, -0.25) is 19.2 Å². The molecule has 1 aromatic rings. The Morgan fingerprint density at radius 1 is 0.810 bits per heavy atom. The Labute approximate surface area is 250 Å². The van der Waals surface area contributed by atoms with Gasteiger partial charge in [-0.25, -0.2) is 9.59 Å². The molecule has 0 spiro atoms. The zero-order valence-corrected chi connectivity index (χ0v) is 25.2. The number of carboxylic acid groups (broad SMARTS) is 2. The maximum atomic E-state index is 13.2. The van der Waals surface area contributed by atoms with Gasteiger partial charge < -0.3 is 36.2 Å². The number of aromatic carboxylic acids is 1. The number of alkyl carbamates (subject to hydrolysis) is 1. The second-order valence-electron chi connectivity index (χ2n) is 10.6. The summed E-state index contributed by atoms with van der Waals surface area (Å²) in [4.78, 5) is 73.2. The maximum absolute atomic E-state index is 13.2.